The molecule has 0 bridgehead atoms. The molecule has 0 amide bonds. The highest BCUT2D eigenvalue weighted by Crippen LogP contribution is 2.30. The summed E-state index contributed by atoms with van der Waals surface area (Å²) in [6.07, 6.45) is 1.68. The first-order valence-corrected chi connectivity index (χ1v) is 7.69. The Labute approximate surface area is 145 Å². The van der Waals surface area contributed by atoms with E-state index in [1.165, 1.54) is 0 Å². The SMILES string of the molecule is COc1ccc(Nc2nccc(Nc3cc(C)nn3C)n2)cc1OC. The molecule has 3 aromatic rings. The number of anilines is 4. The number of aryl methyl sites for hydroxylation is 2. The predicted molar refractivity (Wildman–Crippen MR) is 96.1 cm³/mol. The fraction of sp³-hybridized carbons (Fsp3) is 0.235. The Morgan fingerprint density at radius 1 is 1.00 bits per heavy atom. The highest BCUT2D eigenvalue weighted by Gasteiger charge is 2.07. The average molecular weight is 340 g/mol. The normalized spacial score (nSPS) is 10.4. The van der Waals surface area contributed by atoms with Crippen LogP contribution in [0, 0.1) is 6.92 Å². The summed E-state index contributed by atoms with van der Waals surface area (Å²) >= 11 is 0. The van der Waals surface area contributed by atoms with Crippen molar-refractivity contribution in [3.63, 3.8) is 0 Å². The summed E-state index contributed by atoms with van der Waals surface area (Å²) < 4.78 is 12.3. The Kier molecular flexibility index (Phi) is 4.69. The molecule has 0 saturated carbocycles. The maximum absolute atomic E-state index is 5.30. The molecule has 0 aliphatic heterocycles. The smallest absolute Gasteiger partial charge is 0.229 e. The molecule has 0 aliphatic rings. The van der Waals surface area contributed by atoms with Crippen molar-refractivity contribution >= 4 is 23.3 Å². The zero-order valence-corrected chi connectivity index (χ0v) is 14.6. The van der Waals surface area contributed by atoms with Gasteiger partial charge in [-0.25, -0.2) is 4.98 Å². The summed E-state index contributed by atoms with van der Waals surface area (Å²) in [7, 11) is 5.07. The summed E-state index contributed by atoms with van der Waals surface area (Å²) in [6.45, 7) is 1.94. The lowest BCUT2D eigenvalue weighted by Gasteiger charge is -2.11. The number of methoxy groups -OCH3 is 2. The third-order valence-corrected chi connectivity index (χ3v) is 3.55. The number of hydrogen-bond acceptors (Lipinski definition) is 7. The molecule has 8 heteroatoms. The van der Waals surface area contributed by atoms with Gasteiger partial charge in [0.2, 0.25) is 5.95 Å². The van der Waals surface area contributed by atoms with Gasteiger partial charge in [0.25, 0.3) is 0 Å². The van der Waals surface area contributed by atoms with Gasteiger partial charge in [-0.3, -0.25) is 4.68 Å². The Morgan fingerprint density at radius 2 is 1.80 bits per heavy atom. The van der Waals surface area contributed by atoms with E-state index in [1.807, 2.05) is 38.2 Å². The first kappa shape index (κ1) is 16.6. The summed E-state index contributed by atoms with van der Waals surface area (Å²) in [4.78, 5) is 8.71. The van der Waals surface area contributed by atoms with Gasteiger partial charge in [0, 0.05) is 31.1 Å². The van der Waals surface area contributed by atoms with Gasteiger partial charge in [0.1, 0.15) is 11.6 Å². The van der Waals surface area contributed by atoms with Crippen LogP contribution in [-0.4, -0.2) is 34.0 Å². The lowest BCUT2D eigenvalue weighted by Crippen LogP contribution is -2.03. The van der Waals surface area contributed by atoms with Gasteiger partial charge < -0.3 is 20.1 Å². The fourth-order valence-corrected chi connectivity index (χ4v) is 2.39. The second-order valence-electron chi connectivity index (χ2n) is 5.38. The summed E-state index contributed by atoms with van der Waals surface area (Å²) in [5, 5.41) is 10.7. The van der Waals surface area contributed by atoms with Crippen LogP contribution in [0.25, 0.3) is 0 Å². The molecule has 0 atom stereocenters. The largest absolute Gasteiger partial charge is 0.493 e. The van der Waals surface area contributed by atoms with E-state index in [-0.39, 0.29) is 0 Å². The van der Waals surface area contributed by atoms with Crippen molar-refractivity contribution in [2.75, 3.05) is 24.9 Å². The van der Waals surface area contributed by atoms with Crippen LogP contribution >= 0.6 is 0 Å². The van der Waals surface area contributed by atoms with Gasteiger partial charge >= 0.3 is 0 Å². The zero-order valence-electron chi connectivity index (χ0n) is 14.6. The topological polar surface area (TPSA) is 86.1 Å². The predicted octanol–water partition coefficient (Wildman–Crippen LogP) is 3.02. The molecule has 0 unspecified atom stereocenters. The average Bonchev–Trinajstić information content (AvgIpc) is 2.92. The molecule has 2 heterocycles. The Balaban J connectivity index is 1.79. The fourth-order valence-electron chi connectivity index (χ4n) is 2.39. The minimum Gasteiger partial charge on any atom is -0.493 e. The molecule has 0 aliphatic carbocycles. The first-order chi connectivity index (χ1) is 12.1. The standard InChI is InChI=1S/C17H20N6O2/c1-11-9-16(23(2)22-11)20-15-7-8-18-17(21-15)19-12-5-6-13(24-3)14(10-12)25-4/h5-10H,1-4H3,(H2,18,19,20,21). The van der Waals surface area contributed by atoms with Gasteiger partial charge in [-0.05, 0) is 25.1 Å². The molecule has 25 heavy (non-hydrogen) atoms. The van der Waals surface area contributed by atoms with Crippen LogP contribution in [0.15, 0.2) is 36.5 Å². The number of rotatable bonds is 6. The van der Waals surface area contributed by atoms with Gasteiger partial charge in [0.05, 0.1) is 19.9 Å². The van der Waals surface area contributed by atoms with Crippen LogP contribution in [0.3, 0.4) is 0 Å². The highest BCUT2D eigenvalue weighted by atomic mass is 16.5. The molecule has 0 radical (unpaired) electrons. The summed E-state index contributed by atoms with van der Waals surface area (Å²) in [6, 6.07) is 9.26. The molecule has 3 rings (SSSR count). The van der Waals surface area contributed by atoms with Crippen LogP contribution in [0.4, 0.5) is 23.3 Å². The quantitative estimate of drug-likeness (QED) is 0.713. The molecule has 130 valence electrons. The molecule has 2 N–H and O–H groups in total. The van der Waals surface area contributed by atoms with Crippen LogP contribution in [-0.2, 0) is 7.05 Å². The van der Waals surface area contributed by atoms with E-state index in [4.69, 9.17) is 9.47 Å². The van der Waals surface area contributed by atoms with Crippen LogP contribution < -0.4 is 20.1 Å². The van der Waals surface area contributed by atoms with E-state index >= 15 is 0 Å². The number of hydrogen-bond donors (Lipinski definition) is 2. The van der Waals surface area contributed by atoms with Crippen LogP contribution in [0.2, 0.25) is 0 Å². The molecular weight excluding hydrogens is 320 g/mol. The third-order valence-electron chi connectivity index (χ3n) is 3.55. The molecule has 8 nitrogen and oxygen atoms in total. The maximum Gasteiger partial charge on any atom is 0.229 e. The van der Waals surface area contributed by atoms with E-state index in [9.17, 15) is 0 Å². The molecule has 0 spiro atoms. The van der Waals surface area contributed by atoms with Gasteiger partial charge in [0.15, 0.2) is 11.5 Å². The van der Waals surface area contributed by atoms with E-state index < -0.39 is 0 Å². The minimum atomic E-state index is 0.469. The number of nitrogens with one attached hydrogen (secondary N) is 2. The van der Waals surface area contributed by atoms with Crippen molar-refractivity contribution in [1.82, 2.24) is 19.7 Å². The third kappa shape index (κ3) is 3.79. The lowest BCUT2D eigenvalue weighted by molar-refractivity contribution is 0.355. The maximum atomic E-state index is 5.30. The number of aromatic nitrogens is 4. The molecular formula is C17H20N6O2. The van der Waals surface area contributed by atoms with E-state index in [0.29, 0.717) is 23.3 Å². The van der Waals surface area contributed by atoms with Crippen molar-refractivity contribution in [1.29, 1.82) is 0 Å². The minimum absolute atomic E-state index is 0.469. The molecule has 0 saturated heterocycles. The molecule has 2 aromatic heterocycles. The lowest BCUT2D eigenvalue weighted by atomic mass is 10.3. The van der Waals surface area contributed by atoms with E-state index in [0.717, 1.165) is 17.2 Å². The van der Waals surface area contributed by atoms with Crippen molar-refractivity contribution in [2.45, 2.75) is 6.92 Å². The molecule has 0 fully saturated rings. The van der Waals surface area contributed by atoms with Gasteiger partial charge in [-0.2, -0.15) is 10.1 Å². The Hall–Kier alpha value is -3.29. The van der Waals surface area contributed by atoms with Crippen molar-refractivity contribution in [3.8, 4) is 11.5 Å². The van der Waals surface area contributed by atoms with Gasteiger partial charge in [-0.1, -0.05) is 0 Å². The summed E-state index contributed by atoms with van der Waals surface area (Å²) in [5.74, 6) is 3.29. The highest BCUT2D eigenvalue weighted by molar-refractivity contribution is 5.61. The second kappa shape index (κ2) is 7.08. The van der Waals surface area contributed by atoms with Crippen molar-refractivity contribution in [2.24, 2.45) is 7.05 Å². The van der Waals surface area contributed by atoms with Crippen LogP contribution in [0.5, 0.6) is 11.5 Å². The number of nitrogens with zero attached hydrogens (tertiary/aromatic N) is 4. The first-order valence-electron chi connectivity index (χ1n) is 7.69. The summed E-state index contributed by atoms with van der Waals surface area (Å²) in [5.41, 5.74) is 1.73. The Bertz CT molecular complexity index is 877. The second-order valence-corrected chi connectivity index (χ2v) is 5.38. The zero-order chi connectivity index (χ0) is 17.8. The number of ether oxygens (including phenoxy) is 2. The van der Waals surface area contributed by atoms with Crippen molar-refractivity contribution in [3.05, 3.63) is 42.2 Å². The van der Waals surface area contributed by atoms with Crippen LogP contribution in [0.1, 0.15) is 5.69 Å². The van der Waals surface area contributed by atoms with E-state index in [2.05, 4.69) is 25.7 Å². The van der Waals surface area contributed by atoms with Crippen molar-refractivity contribution < 1.29 is 9.47 Å². The molecule has 1 aromatic carbocycles. The van der Waals surface area contributed by atoms with E-state index in [1.54, 1.807) is 31.2 Å². The Morgan fingerprint density at radius 3 is 2.48 bits per heavy atom. The van der Waals surface area contributed by atoms with Gasteiger partial charge in [-0.15, -0.1) is 0 Å². The number of benzene rings is 1. The monoisotopic (exact) mass is 340 g/mol.